The van der Waals surface area contributed by atoms with Crippen molar-refractivity contribution in [2.45, 2.75) is 18.6 Å². The molecule has 0 bridgehead atoms. The number of likely N-dealkylation sites (tertiary alicyclic amines) is 1. The van der Waals surface area contributed by atoms with Gasteiger partial charge in [0.1, 0.15) is 5.82 Å². The lowest BCUT2D eigenvalue weighted by Gasteiger charge is -2.14. The molecule has 0 radical (unpaired) electrons. The monoisotopic (exact) mass is 363 g/mol. The van der Waals surface area contributed by atoms with Gasteiger partial charge in [0, 0.05) is 19.2 Å². The second-order valence-corrected chi connectivity index (χ2v) is 6.80. The Labute approximate surface area is 149 Å². The molecule has 25 heavy (non-hydrogen) atoms. The van der Waals surface area contributed by atoms with Crippen LogP contribution in [0.2, 0.25) is 0 Å². The minimum atomic E-state index is -0.229. The highest BCUT2D eigenvalue weighted by atomic mass is 32.2. The van der Waals surface area contributed by atoms with Crippen LogP contribution in [0.5, 0.6) is 11.5 Å². The number of thioether (sulfide) groups is 1. The predicted octanol–water partition coefficient (Wildman–Crippen LogP) is 1.80. The Balaban J connectivity index is 1.73. The Bertz CT molecular complexity index is 830. The van der Waals surface area contributed by atoms with Crippen LogP contribution in [0.3, 0.4) is 0 Å². The summed E-state index contributed by atoms with van der Waals surface area (Å²) in [5.74, 6) is 2.57. The molecule has 0 aliphatic carbocycles. The number of aromatic nitrogens is 2. The third kappa shape index (κ3) is 3.89. The van der Waals surface area contributed by atoms with E-state index in [1.807, 2.05) is 4.90 Å². The molecule has 0 unspecified atom stereocenters. The standard InChI is InChI=1S/C17H21N3O4S/c1-23-13-7-11-12(8-14(13)24-2)18-15(19-17(11)22)9-25-10-16(21)20-5-3-4-6-20/h7-8H,3-6,9-10H2,1-2H3,(H,18,19,22). The molecule has 1 aliphatic rings. The molecule has 1 amide bonds. The van der Waals surface area contributed by atoms with Crippen molar-refractivity contribution in [1.82, 2.24) is 14.9 Å². The number of carbonyl (C=O) groups excluding carboxylic acids is 1. The normalized spacial score (nSPS) is 14.1. The van der Waals surface area contributed by atoms with Crippen molar-refractivity contribution in [3.05, 3.63) is 28.3 Å². The van der Waals surface area contributed by atoms with Gasteiger partial charge in [0.2, 0.25) is 5.91 Å². The first-order chi connectivity index (χ1) is 12.1. The summed E-state index contributed by atoms with van der Waals surface area (Å²) in [6.07, 6.45) is 2.17. The maximum Gasteiger partial charge on any atom is 0.258 e. The quantitative estimate of drug-likeness (QED) is 0.842. The lowest BCUT2D eigenvalue weighted by atomic mass is 10.2. The number of amides is 1. The van der Waals surface area contributed by atoms with E-state index in [1.54, 1.807) is 12.1 Å². The fourth-order valence-electron chi connectivity index (χ4n) is 2.88. The highest BCUT2D eigenvalue weighted by Crippen LogP contribution is 2.30. The van der Waals surface area contributed by atoms with Crippen molar-refractivity contribution in [3.8, 4) is 11.5 Å². The van der Waals surface area contributed by atoms with E-state index in [4.69, 9.17) is 9.47 Å². The number of nitrogens with one attached hydrogen (secondary N) is 1. The van der Waals surface area contributed by atoms with Gasteiger partial charge in [-0.3, -0.25) is 9.59 Å². The van der Waals surface area contributed by atoms with Gasteiger partial charge in [-0.1, -0.05) is 0 Å². The van der Waals surface area contributed by atoms with Gasteiger partial charge in [0.05, 0.1) is 36.6 Å². The lowest BCUT2D eigenvalue weighted by molar-refractivity contribution is -0.127. The molecular weight excluding hydrogens is 342 g/mol. The fraction of sp³-hybridized carbons (Fsp3) is 0.471. The Kier molecular flexibility index (Phi) is 5.47. The largest absolute Gasteiger partial charge is 0.493 e. The summed E-state index contributed by atoms with van der Waals surface area (Å²) in [5, 5.41) is 0.444. The number of rotatable bonds is 6. The number of fused-ring (bicyclic) bond motifs is 1. The van der Waals surface area contributed by atoms with Crippen LogP contribution in [0.25, 0.3) is 10.9 Å². The third-order valence-electron chi connectivity index (χ3n) is 4.18. The first-order valence-corrected chi connectivity index (χ1v) is 9.28. The van der Waals surface area contributed by atoms with E-state index in [2.05, 4.69) is 9.97 Å². The van der Waals surface area contributed by atoms with E-state index in [0.717, 1.165) is 25.9 Å². The molecule has 7 nitrogen and oxygen atoms in total. The van der Waals surface area contributed by atoms with Crippen LogP contribution in [-0.2, 0) is 10.5 Å². The number of hydrogen-bond acceptors (Lipinski definition) is 6. The van der Waals surface area contributed by atoms with Crippen molar-refractivity contribution in [1.29, 1.82) is 0 Å². The highest BCUT2D eigenvalue weighted by Gasteiger charge is 2.17. The number of nitrogens with zero attached hydrogens (tertiary/aromatic N) is 2. The predicted molar refractivity (Wildman–Crippen MR) is 97.4 cm³/mol. The van der Waals surface area contributed by atoms with Crippen LogP contribution in [0.4, 0.5) is 0 Å². The Hall–Kier alpha value is -2.22. The molecule has 1 fully saturated rings. The minimum Gasteiger partial charge on any atom is -0.493 e. The Morgan fingerprint density at radius 3 is 2.60 bits per heavy atom. The van der Waals surface area contributed by atoms with Gasteiger partial charge < -0.3 is 19.4 Å². The summed E-state index contributed by atoms with van der Waals surface area (Å²) in [6, 6.07) is 3.31. The SMILES string of the molecule is COc1cc2nc(CSCC(=O)N3CCCC3)[nH]c(=O)c2cc1OC. The van der Waals surface area contributed by atoms with Gasteiger partial charge in [-0.2, -0.15) is 0 Å². The highest BCUT2D eigenvalue weighted by molar-refractivity contribution is 7.99. The van der Waals surface area contributed by atoms with Gasteiger partial charge in [0.15, 0.2) is 11.5 Å². The van der Waals surface area contributed by atoms with Crippen LogP contribution in [0.15, 0.2) is 16.9 Å². The molecular formula is C17H21N3O4S. The van der Waals surface area contributed by atoms with Crippen molar-refractivity contribution in [3.63, 3.8) is 0 Å². The molecule has 1 aliphatic heterocycles. The van der Waals surface area contributed by atoms with E-state index >= 15 is 0 Å². The summed E-state index contributed by atoms with van der Waals surface area (Å²) < 4.78 is 10.5. The molecule has 2 aromatic rings. The number of hydrogen-bond donors (Lipinski definition) is 1. The van der Waals surface area contributed by atoms with Crippen molar-refractivity contribution in [2.75, 3.05) is 33.1 Å². The lowest BCUT2D eigenvalue weighted by Crippen LogP contribution is -2.29. The summed E-state index contributed by atoms with van der Waals surface area (Å²) >= 11 is 1.46. The zero-order chi connectivity index (χ0) is 17.8. The third-order valence-corrected chi connectivity index (χ3v) is 5.11. The maximum atomic E-state index is 12.3. The van der Waals surface area contributed by atoms with E-state index in [-0.39, 0.29) is 11.5 Å². The Morgan fingerprint density at radius 1 is 1.24 bits per heavy atom. The topological polar surface area (TPSA) is 84.5 Å². The van der Waals surface area contributed by atoms with Crippen LogP contribution < -0.4 is 15.0 Å². The van der Waals surface area contributed by atoms with Crippen LogP contribution in [-0.4, -0.2) is 53.8 Å². The molecule has 0 atom stereocenters. The molecule has 8 heteroatoms. The summed E-state index contributed by atoms with van der Waals surface area (Å²) in [4.78, 5) is 33.5. The van der Waals surface area contributed by atoms with Crippen molar-refractivity contribution < 1.29 is 14.3 Å². The average Bonchev–Trinajstić information content (AvgIpc) is 3.15. The first-order valence-electron chi connectivity index (χ1n) is 8.13. The molecule has 2 heterocycles. The van der Waals surface area contributed by atoms with Crippen LogP contribution >= 0.6 is 11.8 Å². The van der Waals surface area contributed by atoms with E-state index in [0.29, 0.717) is 39.7 Å². The van der Waals surface area contributed by atoms with Gasteiger partial charge in [0.25, 0.3) is 5.56 Å². The van der Waals surface area contributed by atoms with Gasteiger partial charge >= 0.3 is 0 Å². The minimum absolute atomic E-state index is 0.150. The van der Waals surface area contributed by atoms with E-state index in [9.17, 15) is 9.59 Å². The molecule has 1 aromatic heterocycles. The zero-order valence-electron chi connectivity index (χ0n) is 14.3. The second-order valence-electron chi connectivity index (χ2n) is 5.82. The van der Waals surface area contributed by atoms with Crippen molar-refractivity contribution >= 4 is 28.6 Å². The summed E-state index contributed by atoms with van der Waals surface area (Å²) in [6.45, 7) is 1.71. The Morgan fingerprint density at radius 2 is 1.92 bits per heavy atom. The molecule has 1 saturated heterocycles. The smallest absolute Gasteiger partial charge is 0.258 e. The fourth-order valence-corrected chi connectivity index (χ4v) is 3.66. The number of ether oxygens (including phenoxy) is 2. The van der Waals surface area contributed by atoms with Gasteiger partial charge in [-0.05, 0) is 18.9 Å². The molecule has 134 valence electrons. The molecule has 3 rings (SSSR count). The molecule has 1 aromatic carbocycles. The number of carbonyl (C=O) groups is 1. The maximum absolute atomic E-state index is 12.3. The zero-order valence-corrected chi connectivity index (χ0v) is 15.1. The number of methoxy groups -OCH3 is 2. The summed E-state index contributed by atoms with van der Waals surface area (Å²) in [7, 11) is 3.06. The first kappa shape index (κ1) is 17.6. The van der Waals surface area contributed by atoms with Crippen LogP contribution in [0.1, 0.15) is 18.7 Å². The molecule has 0 spiro atoms. The van der Waals surface area contributed by atoms with Gasteiger partial charge in [-0.15, -0.1) is 11.8 Å². The van der Waals surface area contributed by atoms with Crippen LogP contribution in [0, 0.1) is 0 Å². The number of benzene rings is 1. The summed E-state index contributed by atoms with van der Waals surface area (Å²) in [5.41, 5.74) is 0.315. The average molecular weight is 363 g/mol. The van der Waals surface area contributed by atoms with Crippen molar-refractivity contribution in [2.24, 2.45) is 0 Å². The number of H-pyrrole nitrogens is 1. The molecule has 0 saturated carbocycles. The molecule has 1 N–H and O–H groups in total. The van der Waals surface area contributed by atoms with E-state index in [1.165, 1.54) is 26.0 Å². The number of aromatic amines is 1. The van der Waals surface area contributed by atoms with Gasteiger partial charge in [-0.25, -0.2) is 4.98 Å². The second kappa shape index (κ2) is 7.77. The van der Waals surface area contributed by atoms with E-state index < -0.39 is 0 Å².